The van der Waals surface area contributed by atoms with Gasteiger partial charge in [-0.3, -0.25) is 9.59 Å². The molecular weight excluding hydrogens is 220 g/mol. The summed E-state index contributed by atoms with van der Waals surface area (Å²) in [4.78, 5) is 25.0. The van der Waals surface area contributed by atoms with Crippen LogP contribution >= 0.6 is 0 Å². The molecule has 5 nitrogen and oxygen atoms in total. The van der Waals surface area contributed by atoms with Crippen LogP contribution in [0.3, 0.4) is 0 Å². The summed E-state index contributed by atoms with van der Waals surface area (Å²) >= 11 is 0. The molecule has 5 heteroatoms. The molecule has 0 aromatic heterocycles. The van der Waals surface area contributed by atoms with E-state index in [2.05, 4.69) is 0 Å². The molecule has 1 aliphatic heterocycles. The van der Waals surface area contributed by atoms with Gasteiger partial charge in [-0.1, -0.05) is 20.8 Å². The number of carboxylic acids is 1. The molecule has 1 fully saturated rings. The van der Waals surface area contributed by atoms with E-state index in [1.165, 1.54) is 0 Å². The fourth-order valence-electron chi connectivity index (χ4n) is 2.33. The summed E-state index contributed by atoms with van der Waals surface area (Å²) < 4.78 is 0. The van der Waals surface area contributed by atoms with Crippen molar-refractivity contribution in [2.45, 2.75) is 27.2 Å². The Kier molecular flexibility index (Phi) is 4.14. The summed E-state index contributed by atoms with van der Waals surface area (Å²) in [7, 11) is 0. The molecular formula is C12H22N2O3. The molecule has 0 saturated carbocycles. The summed E-state index contributed by atoms with van der Waals surface area (Å²) in [5, 5.41) is 9.37. The van der Waals surface area contributed by atoms with Crippen molar-refractivity contribution in [2.24, 2.45) is 23.0 Å². The first-order chi connectivity index (χ1) is 7.85. The largest absolute Gasteiger partial charge is 0.481 e. The number of hydrogen-bond acceptors (Lipinski definition) is 3. The van der Waals surface area contributed by atoms with Gasteiger partial charge in [0.15, 0.2) is 0 Å². The van der Waals surface area contributed by atoms with Crippen molar-refractivity contribution < 1.29 is 14.7 Å². The van der Waals surface area contributed by atoms with Crippen LogP contribution in [0.2, 0.25) is 0 Å². The molecule has 0 spiro atoms. The second kappa shape index (κ2) is 5.04. The predicted octanol–water partition coefficient (Wildman–Crippen LogP) is 0.540. The van der Waals surface area contributed by atoms with Gasteiger partial charge in [0, 0.05) is 25.6 Å². The number of carbonyl (C=O) groups is 2. The molecule has 0 aliphatic carbocycles. The zero-order valence-electron chi connectivity index (χ0n) is 10.8. The van der Waals surface area contributed by atoms with Gasteiger partial charge >= 0.3 is 5.97 Å². The number of aliphatic carboxylic acids is 1. The summed E-state index contributed by atoms with van der Waals surface area (Å²) in [5.41, 5.74) is 4.68. The maximum atomic E-state index is 12.0. The Labute approximate surface area is 102 Å². The number of rotatable bonds is 4. The number of likely N-dealkylation sites (tertiary alicyclic amines) is 1. The predicted molar refractivity (Wildman–Crippen MR) is 64.3 cm³/mol. The number of hydrogen-bond donors (Lipinski definition) is 2. The molecule has 1 rings (SSSR count). The summed E-state index contributed by atoms with van der Waals surface area (Å²) in [6, 6.07) is 0. The van der Waals surface area contributed by atoms with Crippen LogP contribution in [0.5, 0.6) is 0 Å². The molecule has 98 valence electrons. The van der Waals surface area contributed by atoms with E-state index in [0.29, 0.717) is 26.1 Å². The Morgan fingerprint density at radius 3 is 2.35 bits per heavy atom. The summed E-state index contributed by atoms with van der Waals surface area (Å²) in [5.74, 6) is -1.04. The molecule has 1 heterocycles. The van der Waals surface area contributed by atoms with E-state index in [9.17, 15) is 14.7 Å². The first kappa shape index (κ1) is 14.0. The SMILES string of the molecule is CC(CN)C(=O)N1CCC(C(=O)O)(C(C)C)C1. The Morgan fingerprint density at radius 2 is 2.00 bits per heavy atom. The van der Waals surface area contributed by atoms with Gasteiger partial charge in [0.25, 0.3) is 0 Å². The third-order valence-electron chi connectivity index (χ3n) is 3.92. The third-order valence-corrected chi connectivity index (χ3v) is 3.92. The smallest absolute Gasteiger partial charge is 0.311 e. The van der Waals surface area contributed by atoms with Crippen molar-refractivity contribution in [2.75, 3.05) is 19.6 Å². The quantitative estimate of drug-likeness (QED) is 0.753. The molecule has 0 radical (unpaired) electrons. The molecule has 2 atom stereocenters. The van der Waals surface area contributed by atoms with E-state index in [1.807, 2.05) is 13.8 Å². The minimum absolute atomic E-state index is 0.0194. The maximum absolute atomic E-state index is 12.0. The van der Waals surface area contributed by atoms with Gasteiger partial charge in [0.2, 0.25) is 5.91 Å². The van der Waals surface area contributed by atoms with Crippen molar-refractivity contribution in [3.05, 3.63) is 0 Å². The van der Waals surface area contributed by atoms with E-state index < -0.39 is 11.4 Å². The van der Waals surface area contributed by atoms with Crippen LogP contribution in [0.15, 0.2) is 0 Å². The van der Waals surface area contributed by atoms with Crippen molar-refractivity contribution in [1.29, 1.82) is 0 Å². The van der Waals surface area contributed by atoms with Crippen molar-refractivity contribution >= 4 is 11.9 Å². The second-order valence-electron chi connectivity index (χ2n) is 5.26. The highest BCUT2D eigenvalue weighted by Crippen LogP contribution is 2.38. The van der Waals surface area contributed by atoms with Crippen LogP contribution in [0.25, 0.3) is 0 Å². The van der Waals surface area contributed by atoms with Crippen LogP contribution in [-0.2, 0) is 9.59 Å². The Bertz CT molecular complexity index is 317. The lowest BCUT2D eigenvalue weighted by Crippen LogP contribution is -2.42. The van der Waals surface area contributed by atoms with Gasteiger partial charge < -0.3 is 15.7 Å². The van der Waals surface area contributed by atoms with Gasteiger partial charge in [-0.25, -0.2) is 0 Å². The number of carboxylic acid groups (broad SMARTS) is 1. The van der Waals surface area contributed by atoms with Crippen molar-refractivity contribution in [3.8, 4) is 0 Å². The second-order valence-corrected chi connectivity index (χ2v) is 5.26. The number of nitrogens with zero attached hydrogens (tertiary/aromatic N) is 1. The van der Waals surface area contributed by atoms with Crippen LogP contribution < -0.4 is 5.73 Å². The van der Waals surface area contributed by atoms with Crippen LogP contribution in [-0.4, -0.2) is 41.5 Å². The Balaban J connectivity index is 2.80. The van der Waals surface area contributed by atoms with Gasteiger partial charge in [-0.05, 0) is 12.3 Å². The molecule has 0 aromatic carbocycles. The fourth-order valence-corrected chi connectivity index (χ4v) is 2.33. The Morgan fingerprint density at radius 1 is 1.41 bits per heavy atom. The van der Waals surface area contributed by atoms with Gasteiger partial charge in [0.1, 0.15) is 0 Å². The molecule has 0 aromatic rings. The van der Waals surface area contributed by atoms with Crippen LogP contribution in [0, 0.1) is 17.3 Å². The highest BCUT2D eigenvalue weighted by molar-refractivity contribution is 5.82. The summed E-state index contributed by atoms with van der Waals surface area (Å²) in [6.45, 7) is 6.70. The standard InChI is InChI=1S/C12H22N2O3/c1-8(2)12(11(16)17)4-5-14(7-12)10(15)9(3)6-13/h8-9H,4-7,13H2,1-3H3,(H,16,17). The van der Waals surface area contributed by atoms with E-state index in [0.717, 1.165) is 0 Å². The molecule has 2 unspecified atom stereocenters. The van der Waals surface area contributed by atoms with Crippen molar-refractivity contribution in [1.82, 2.24) is 4.90 Å². The van der Waals surface area contributed by atoms with Crippen LogP contribution in [0.4, 0.5) is 0 Å². The van der Waals surface area contributed by atoms with Gasteiger partial charge in [-0.15, -0.1) is 0 Å². The monoisotopic (exact) mass is 242 g/mol. The zero-order valence-corrected chi connectivity index (χ0v) is 10.8. The normalized spacial score (nSPS) is 26.3. The van der Waals surface area contributed by atoms with Gasteiger partial charge in [0.05, 0.1) is 5.41 Å². The van der Waals surface area contributed by atoms with Crippen molar-refractivity contribution in [3.63, 3.8) is 0 Å². The molecule has 3 N–H and O–H groups in total. The highest BCUT2D eigenvalue weighted by Gasteiger charge is 2.48. The van der Waals surface area contributed by atoms with E-state index in [1.54, 1.807) is 11.8 Å². The number of amides is 1. The van der Waals surface area contributed by atoms with E-state index >= 15 is 0 Å². The molecule has 1 aliphatic rings. The average molecular weight is 242 g/mol. The minimum Gasteiger partial charge on any atom is -0.481 e. The highest BCUT2D eigenvalue weighted by atomic mass is 16.4. The first-order valence-electron chi connectivity index (χ1n) is 6.07. The molecule has 1 saturated heterocycles. The first-order valence-corrected chi connectivity index (χ1v) is 6.07. The minimum atomic E-state index is -0.803. The molecule has 0 bridgehead atoms. The Hall–Kier alpha value is -1.10. The zero-order chi connectivity index (χ0) is 13.2. The molecule has 17 heavy (non-hydrogen) atoms. The summed E-state index contributed by atoms with van der Waals surface area (Å²) in [6.07, 6.45) is 0.531. The maximum Gasteiger partial charge on any atom is 0.311 e. The van der Waals surface area contributed by atoms with E-state index in [-0.39, 0.29) is 17.7 Å². The number of nitrogens with two attached hydrogens (primary N) is 1. The molecule has 1 amide bonds. The third kappa shape index (κ3) is 2.44. The number of carbonyl (C=O) groups excluding carboxylic acids is 1. The fraction of sp³-hybridized carbons (Fsp3) is 0.833. The lowest BCUT2D eigenvalue weighted by molar-refractivity contribution is -0.151. The van der Waals surface area contributed by atoms with Crippen LogP contribution in [0.1, 0.15) is 27.2 Å². The average Bonchev–Trinajstić information content (AvgIpc) is 2.73. The van der Waals surface area contributed by atoms with Gasteiger partial charge in [-0.2, -0.15) is 0 Å². The lowest BCUT2D eigenvalue weighted by Gasteiger charge is -2.29. The topological polar surface area (TPSA) is 83.6 Å². The van der Waals surface area contributed by atoms with E-state index in [4.69, 9.17) is 5.73 Å². The lowest BCUT2D eigenvalue weighted by atomic mass is 9.76.